The van der Waals surface area contributed by atoms with Gasteiger partial charge in [0, 0.05) is 17.8 Å². The number of nitrogens with one attached hydrogen (secondary N) is 1. The second kappa shape index (κ2) is 11.3. The van der Waals surface area contributed by atoms with Crippen LogP contribution in [0.2, 0.25) is 0 Å². The molecule has 0 saturated carbocycles. The van der Waals surface area contributed by atoms with E-state index in [0.717, 1.165) is 16.7 Å². The van der Waals surface area contributed by atoms with Crippen LogP contribution in [0.1, 0.15) is 50.8 Å². The predicted molar refractivity (Wildman–Crippen MR) is 126 cm³/mol. The molecule has 0 radical (unpaired) electrons. The quantitative estimate of drug-likeness (QED) is 0.586. The van der Waals surface area contributed by atoms with Crippen LogP contribution in [0.15, 0.2) is 48.5 Å². The maximum Gasteiger partial charge on any atom is 0.243 e. The summed E-state index contributed by atoms with van der Waals surface area (Å²) in [7, 11) is 0. The Morgan fingerprint density at radius 2 is 1.74 bits per heavy atom. The van der Waals surface area contributed by atoms with Crippen molar-refractivity contribution in [2.75, 3.05) is 5.75 Å². The first-order valence-electron chi connectivity index (χ1n) is 10.6. The van der Waals surface area contributed by atoms with Gasteiger partial charge in [-0.3, -0.25) is 9.59 Å². The van der Waals surface area contributed by atoms with E-state index in [2.05, 4.69) is 5.32 Å². The number of rotatable bonds is 9. The van der Waals surface area contributed by atoms with Crippen LogP contribution in [-0.4, -0.2) is 34.0 Å². The summed E-state index contributed by atoms with van der Waals surface area (Å²) in [5, 5.41) is 3.02. The van der Waals surface area contributed by atoms with Gasteiger partial charge < -0.3 is 10.2 Å². The summed E-state index contributed by atoms with van der Waals surface area (Å²) in [5.41, 5.74) is 2.70. The van der Waals surface area contributed by atoms with Gasteiger partial charge in [0.15, 0.2) is 0 Å². The molecular weight excluding hydrogens is 411 g/mol. The molecule has 0 aliphatic heterocycles. The van der Waals surface area contributed by atoms with Crippen LogP contribution in [0.3, 0.4) is 0 Å². The summed E-state index contributed by atoms with van der Waals surface area (Å²) in [5.74, 6) is 0.370. The highest BCUT2D eigenvalue weighted by molar-refractivity contribution is 7.99. The van der Waals surface area contributed by atoms with Crippen molar-refractivity contribution < 1.29 is 14.0 Å². The third-order valence-electron chi connectivity index (χ3n) is 4.89. The number of carbonyl (C=O) groups excluding carboxylic acids is 2. The summed E-state index contributed by atoms with van der Waals surface area (Å²) >= 11 is 1.47. The van der Waals surface area contributed by atoms with E-state index in [9.17, 15) is 14.0 Å². The van der Waals surface area contributed by atoms with Crippen molar-refractivity contribution in [1.82, 2.24) is 10.2 Å². The van der Waals surface area contributed by atoms with E-state index in [0.29, 0.717) is 18.7 Å². The maximum atomic E-state index is 13.2. The summed E-state index contributed by atoms with van der Waals surface area (Å²) in [6.45, 7) is 10.1. The lowest BCUT2D eigenvalue weighted by molar-refractivity contribution is -0.140. The Bertz CT molecular complexity index is 878. The van der Waals surface area contributed by atoms with E-state index < -0.39 is 6.04 Å². The first-order chi connectivity index (χ1) is 14.6. The molecule has 6 heteroatoms. The summed E-state index contributed by atoms with van der Waals surface area (Å²) < 4.78 is 13.1. The fourth-order valence-corrected chi connectivity index (χ4v) is 4.13. The zero-order chi connectivity index (χ0) is 23.0. The lowest BCUT2D eigenvalue weighted by atomic mass is 10.0. The number of nitrogens with zero attached hydrogens (tertiary/aromatic N) is 1. The van der Waals surface area contributed by atoms with Crippen molar-refractivity contribution in [1.29, 1.82) is 0 Å². The molecule has 0 aromatic heterocycles. The largest absolute Gasteiger partial charge is 0.350 e. The third kappa shape index (κ3) is 8.02. The van der Waals surface area contributed by atoms with Gasteiger partial charge in [0.1, 0.15) is 11.9 Å². The van der Waals surface area contributed by atoms with Crippen molar-refractivity contribution in [2.24, 2.45) is 0 Å². The van der Waals surface area contributed by atoms with E-state index in [4.69, 9.17) is 0 Å². The van der Waals surface area contributed by atoms with Gasteiger partial charge in [0.2, 0.25) is 11.8 Å². The van der Waals surface area contributed by atoms with Gasteiger partial charge in [-0.25, -0.2) is 4.39 Å². The fourth-order valence-electron chi connectivity index (χ4n) is 3.26. The predicted octanol–water partition coefficient (Wildman–Crippen LogP) is 5.09. The van der Waals surface area contributed by atoms with Gasteiger partial charge in [-0.15, -0.1) is 11.8 Å². The van der Waals surface area contributed by atoms with Gasteiger partial charge >= 0.3 is 0 Å². The summed E-state index contributed by atoms with van der Waals surface area (Å²) in [4.78, 5) is 27.9. The van der Waals surface area contributed by atoms with Crippen LogP contribution in [-0.2, 0) is 21.9 Å². The van der Waals surface area contributed by atoms with Gasteiger partial charge in [0.05, 0.1) is 5.75 Å². The minimum absolute atomic E-state index is 0.0775. The van der Waals surface area contributed by atoms with E-state index in [1.165, 1.54) is 23.9 Å². The molecule has 0 aliphatic rings. The minimum atomic E-state index is -0.544. The summed E-state index contributed by atoms with van der Waals surface area (Å²) in [6, 6.07) is 13.7. The Balaban J connectivity index is 2.16. The smallest absolute Gasteiger partial charge is 0.243 e. The number of benzene rings is 2. The Morgan fingerprint density at radius 1 is 1.10 bits per heavy atom. The standard InChI is InChI=1S/C25H33FN2O2S/c1-6-22(24(30)27-25(3,4)5)28(15-20-10-8-7-9-18(20)2)23(29)17-31-16-19-11-13-21(26)14-12-19/h7-14,22H,6,15-17H2,1-5H3,(H,27,30). The van der Waals surface area contributed by atoms with Crippen LogP contribution in [0.5, 0.6) is 0 Å². The Labute approximate surface area is 189 Å². The SMILES string of the molecule is CCC(C(=O)NC(C)(C)C)N(Cc1ccccc1C)C(=O)CSCc1ccc(F)cc1. The fraction of sp³-hybridized carbons (Fsp3) is 0.440. The van der Waals surface area contributed by atoms with Crippen molar-refractivity contribution in [3.63, 3.8) is 0 Å². The van der Waals surface area contributed by atoms with Crippen molar-refractivity contribution in [3.05, 3.63) is 71.0 Å². The molecule has 1 atom stereocenters. The molecule has 2 amide bonds. The van der Waals surface area contributed by atoms with Crippen LogP contribution in [0.4, 0.5) is 4.39 Å². The molecule has 2 aromatic carbocycles. The molecule has 1 N–H and O–H groups in total. The normalized spacial score (nSPS) is 12.3. The second-order valence-corrected chi connectivity index (χ2v) is 9.72. The van der Waals surface area contributed by atoms with Gasteiger partial charge in [-0.1, -0.05) is 43.3 Å². The zero-order valence-corrected chi connectivity index (χ0v) is 19.9. The average Bonchev–Trinajstić information content (AvgIpc) is 2.69. The second-order valence-electron chi connectivity index (χ2n) is 8.73. The Kier molecular flexibility index (Phi) is 9.11. The number of amides is 2. The molecule has 0 saturated heterocycles. The van der Waals surface area contributed by atoms with Crippen LogP contribution < -0.4 is 5.32 Å². The highest BCUT2D eigenvalue weighted by atomic mass is 32.2. The Hall–Kier alpha value is -2.34. The molecule has 0 fully saturated rings. The van der Waals surface area contributed by atoms with E-state index in [1.54, 1.807) is 17.0 Å². The number of carbonyl (C=O) groups is 2. The molecule has 0 spiro atoms. The topological polar surface area (TPSA) is 49.4 Å². The van der Waals surface area contributed by atoms with Gasteiger partial charge in [-0.05, 0) is 62.9 Å². The van der Waals surface area contributed by atoms with E-state index >= 15 is 0 Å². The lowest BCUT2D eigenvalue weighted by Gasteiger charge is -2.33. The van der Waals surface area contributed by atoms with E-state index in [-0.39, 0.29) is 28.9 Å². The van der Waals surface area contributed by atoms with Gasteiger partial charge in [0.25, 0.3) is 0 Å². The van der Waals surface area contributed by atoms with Crippen LogP contribution in [0.25, 0.3) is 0 Å². The highest BCUT2D eigenvalue weighted by Crippen LogP contribution is 2.19. The number of thioether (sulfide) groups is 1. The molecule has 1 unspecified atom stereocenters. The first-order valence-corrected chi connectivity index (χ1v) is 11.7. The minimum Gasteiger partial charge on any atom is -0.350 e. The molecular formula is C25H33FN2O2S. The van der Waals surface area contributed by atoms with Crippen molar-refractivity contribution >= 4 is 23.6 Å². The van der Waals surface area contributed by atoms with Crippen molar-refractivity contribution in [3.8, 4) is 0 Å². The number of hydrogen-bond donors (Lipinski definition) is 1. The lowest BCUT2D eigenvalue weighted by Crippen LogP contribution is -2.53. The zero-order valence-electron chi connectivity index (χ0n) is 19.1. The Morgan fingerprint density at radius 3 is 2.32 bits per heavy atom. The number of aryl methyl sites for hydroxylation is 1. The monoisotopic (exact) mass is 444 g/mol. The number of hydrogen-bond acceptors (Lipinski definition) is 3. The summed E-state index contributed by atoms with van der Waals surface area (Å²) in [6.07, 6.45) is 0.530. The van der Waals surface area contributed by atoms with Crippen LogP contribution >= 0.6 is 11.8 Å². The number of halogens is 1. The van der Waals surface area contributed by atoms with E-state index in [1.807, 2.05) is 58.9 Å². The van der Waals surface area contributed by atoms with Gasteiger partial charge in [-0.2, -0.15) is 0 Å². The molecule has 0 bridgehead atoms. The van der Waals surface area contributed by atoms with Crippen LogP contribution in [0, 0.1) is 12.7 Å². The third-order valence-corrected chi connectivity index (χ3v) is 5.88. The highest BCUT2D eigenvalue weighted by Gasteiger charge is 2.30. The average molecular weight is 445 g/mol. The molecule has 4 nitrogen and oxygen atoms in total. The maximum absolute atomic E-state index is 13.2. The molecule has 2 rings (SSSR count). The van der Waals surface area contributed by atoms with Crippen molar-refractivity contribution in [2.45, 2.75) is 64.9 Å². The molecule has 0 aliphatic carbocycles. The molecule has 31 heavy (non-hydrogen) atoms. The molecule has 168 valence electrons. The first kappa shape index (κ1) is 24.9. The molecule has 0 heterocycles. The molecule has 2 aromatic rings.